The zero-order chi connectivity index (χ0) is 8.81. The highest BCUT2D eigenvalue weighted by Gasteiger charge is 1.96. The predicted molar refractivity (Wildman–Crippen MR) is 50.8 cm³/mol. The third kappa shape index (κ3) is 2.84. The molecule has 0 saturated carbocycles. The number of rotatable bonds is 4. The van der Waals surface area contributed by atoms with Crippen LogP contribution in [0.2, 0.25) is 0 Å². The number of aromatic nitrogens is 1. The molecule has 0 amide bonds. The lowest BCUT2D eigenvalue weighted by Gasteiger charge is -2.12. The van der Waals surface area contributed by atoms with Crippen LogP contribution in [0.15, 0.2) is 37.1 Å². The van der Waals surface area contributed by atoms with Crippen LogP contribution in [0.3, 0.4) is 0 Å². The van der Waals surface area contributed by atoms with E-state index in [0.717, 1.165) is 18.8 Å². The fourth-order valence-electron chi connectivity index (χ4n) is 1.05. The average Bonchev–Trinajstić information content (AvgIpc) is 2.06. The van der Waals surface area contributed by atoms with Crippen LogP contribution in [0.4, 0.5) is 0 Å². The molecule has 0 spiro atoms. The first-order valence-electron chi connectivity index (χ1n) is 4.02. The van der Waals surface area contributed by atoms with Gasteiger partial charge in [0.2, 0.25) is 0 Å². The minimum absolute atomic E-state index is 0.882. The van der Waals surface area contributed by atoms with Crippen molar-refractivity contribution < 1.29 is 0 Å². The Morgan fingerprint density at radius 3 is 3.00 bits per heavy atom. The van der Waals surface area contributed by atoms with E-state index < -0.39 is 0 Å². The summed E-state index contributed by atoms with van der Waals surface area (Å²) in [7, 11) is 2.05. The van der Waals surface area contributed by atoms with E-state index in [1.54, 1.807) is 0 Å². The maximum atomic E-state index is 4.22. The molecule has 0 aliphatic carbocycles. The van der Waals surface area contributed by atoms with Gasteiger partial charge in [-0.15, -0.1) is 6.58 Å². The highest BCUT2D eigenvalue weighted by molar-refractivity contribution is 5.03. The molecule has 0 bridgehead atoms. The quantitative estimate of drug-likeness (QED) is 0.626. The molecule has 1 heterocycles. The Morgan fingerprint density at radius 1 is 1.58 bits per heavy atom. The van der Waals surface area contributed by atoms with Crippen molar-refractivity contribution in [1.82, 2.24) is 9.88 Å². The van der Waals surface area contributed by atoms with Gasteiger partial charge in [-0.3, -0.25) is 9.88 Å². The van der Waals surface area contributed by atoms with E-state index in [9.17, 15) is 0 Å². The second-order valence-electron chi connectivity index (χ2n) is 2.81. The topological polar surface area (TPSA) is 16.1 Å². The Morgan fingerprint density at radius 2 is 2.42 bits per heavy atom. The summed E-state index contributed by atoms with van der Waals surface area (Å²) in [6, 6.07) is 5.96. The van der Waals surface area contributed by atoms with Crippen LogP contribution >= 0.6 is 0 Å². The van der Waals surface area contributed by atoms with Crippen molar-refractivity contribution in [3.05, 3.63) is 42.7 Å². The molecule has 0 fully saturated rings. The third-order valence-electron chi connectivity index (χ3n) is 1.60. The van der Waals surface area contributed by atoms with Gasteiger partial charge in [-0.1, -0.05) is 12.1 Å². The molecule has 64 valence electrons. The summed E-state index contributed by atoms with van der Waals surface area (Å²) in [4.78, 5) is 6.39. The molecule has 0 N–H and O–H groups in total. The second-order valence-corrected chi connectivity index (χ2v) is 2.81. The van der Waals surface area contributed by atoms with Crippen LogP contribution in [-0.4, -0.2) is 23.5 Å². The van der Waals surface area contributed by atoms with E-state index in [-0.39, 0.29) is 0 Å². The normalized spacial score (nSPS) is 10.2. The van der Waals surface area contributed by atoms with E-state index in [2.05, 4.69) is 23.5 Å². The van der Waals surface area contributed by atoms with Gasteiger partial charge < -0.3 is 0 Å². The molecule has 0 aromatic carbocycles. The number of hydrogen-bond donors (Lipinski definition) is 0. The SMILES string of the molecule is C=CCN(C)Cc1ccccn1. The van der Waals surface area contributed by atoms with Crippen molar-refractivity contribution >= 4 is 0 Å². The van der Waals surface area contributed by atoms with Crippen LogP contribution in [-0.2, 0) is 6.54 Å². The highest BCUT2D eigenvalue weighted by atomic mass is 15.1. The zero-order valence-electron chi connectivity index (χ0n) is 7.40. The number of likely N-dealkylation sites (N-methyl/N-ethyl adjacent to an activating group) is 1. The van der Waals surface area contributed by atoms with Gasteiger partial charge >= 0.3 is 0 Å². The minimum Gasteiger partial charge on any atom is -0.297 e. The molecule has 0 atom stereocenters. The molecule has 1 aromatic heterocycles. The van der Waals surface area contributed by atoms with Crippen molar-refractivity contribution in [2.75, 3.05) is 13.6 Å². The molecule has 12 heavy (non-hydrogen) atoms. The smallest absolute Gasteiger partial charge is 0.0543 e. The van der Waals surface area contributed by atoms with Gasteiger partial charge in [-0.05, 0) is 19.2 Å². The average molecular weight is 162 g/mol. The number of nitrogens with zero attached hydrogens (tertiary/aromatic N) is 2. The third-order valence-corrected chi connectivity index (χ3v) is 1.60. The Kier molecular flexibility index (Phi) is 3.48. The van der Waals surface area contributed by atoms with Crippen molar-refractivity contribution in [3.63, 3.8) is 0 Å². The summed E-state index contributed by atoms with van der Waals surface area (Å²) in [5.41, 5.74) is 1.10. The molecule has 1 rings (SSSR count). The Labute approximate surface area is 73.5 Å². The van der Waals surface area contributed by atoms with Crippen molar-refractivity contribution in [1.29, 1.82) is 0 Å². The van der Waals surface area contributed by atoms with Crippen LogP contribution in [0.25, 0.3) is 0 Å². The monoisotopic (exact) mass is 162 g/mol. The summed E-state index contributed by atoms with van der Waals surface area (Å²) in [5.74, 6) is 0. The summed E-state index contributed by atoms with van der Waals surface area (Å²) in [6.07, 6.45) is 3.71. The fourth-order valence-corrected chi connectivity index (χ4v) is 1.05. The molecular formula is C10H14N2. The Hall–Kier alpha value is -1.15. The standard InChI is InChI=1S/C10H14N2/c1-3-8-12(2)9-10-6-4-5-7-11-10/h3-7H,1,8-9H2,2H3. The minimum atomic E-state index is 0.882. The Balaban J connectivity index is 2.46. The van der Waals surface area contributed by atoms with E-state index in [4.69, 9.17) is 0 Å². The first kappa shape index (κ1) is 8.94. The molecule has 0 unspecified atom stereocenters. The Bertz CT molecular complexity index is 231. The largest absolute Gasteiger partial charge is 0.297 e. The number of hydrogen-bond acceptors (Lipinski definition) is 2. The van der Waals surface area contributed by atoms with Crippen molar-refractivity contribution in [3.8, 4) is 0 Å². The molecular weight excluding hydrogens is 148 g/mol. The van der Waals surface area contributed by atoms with Gasteiger partial charge in [0.15, 0.2) is 0 Å². The van der Waals surface area contributed by atoms with Gasteiger partial charge in [0.05, 0.1) is 5.69 Å². The van der Waals surface area contributed by atoms with Crippen LogP contribution in [0.1, 0.15) is 5.69 Å². The van der Waals surface area contributed by atoms with Crippen LogP contribution in [0.5, 0.6) is 0 Å². The maximum Gasteiger partial charge on any atom is 0.0543 e. The van der Waals surface area contributed by atoms with Gasteiger partial charge in [-0.25, -0.2) is 0 Å². The van der Waals surface area contributed by atoms with Gasteiger partial charge in [-0.2, -0.15) is 0 Å². The maximum absolute atomic E-state index is 4.22. The molecule has 2 heteroatoms. The van der Waals surface area contributed by atoms with Gasteiger partial charge in [0, 0.05) is 19.3 Å². The lowest BCUT2D eigenvalue weighted by molar-refractivity contribution is 0.359. The summed E-state index contributed by atoms with van der Waals surface area (Å²) in [5, 5.41) is 0. The molecule has 0 radical (unpaired) electrons. The molecule has 0 aliphatic rings. The van der Waals surface area contributed by atoms with Gasteiger partial charge in [0.25, 0.3) is 0 Å². The van der Waals surface area contributed by atoms with Crippen molar-refractivity contribution in [2.24, 2.45) is 0 Å². The fraction of sp³-hybridized carbons (Fsp3) is 0.300. The summed E-state index contributed by atoms with van der Waals surface area (Å²) >= 11 is 0. The van der Waals surface area contributed by atoms with Gasteiger partial charge in [0.1, 0.15) is 0 Å². The second kappa shape index (κ2) is 4.67. The number of pyridine rings is 1. The lowest BCUT2D eigenvalue weighted by atomic mass is 10.3. The first-order chi connectivity index (χ1) is 5.83. The van der Waals surface area contributed by atoms with Crippen LogP contribution < -0.4 is 0 Å². The molecule has 0 aliphatic heterocycles. The zero-order valence-corrected chi connectivity index (χ0v) is 7.40. The molecule has 2 nitrogen and oxygen atoms in total. The summed E-state index contributed by atoms with van der Waals surface area (Å²) < 4.78 is 0. The highest BCUT2D eigenvalue weighted by Crippen LogP contribution is 1.97. The molecule has 1 aromatic rings. The summed E-state index contributed by atoms with van der Waals surface area (Å²) in [6.45, 7) is 5.46. The molecule has 0 saturated heterocycles. The lowest BCUT2D eigenvalue weighted by Crippen LogP contribution is -2.17. The van der Waals surface area contributed by atoms with E-state index >= 15 is 0 Å². The van der Waals surface area contributed by atoms with E-state index in [1.165, 1.54) is 0 Å². The van der Waals surface area contributed by atoms with Crippen LogP contribution in [0, 0.1) is 0 Å². The first-order valence-corrected chi connectivity index (χ1v) is 4.02. The predicted octanol–water partition coefficient (Wildman–Crippen LogP) is 1.70. The van der Waals surface area contributed by atoms with E-state index in [0.29, 0.717) is 0 Å². The van der Waals surface area contributed by atoms with Crippen molar-refractivity contribution in [2.45, 2.75) is 6.54 Å². The van der Waals surface area contributed by atoms with E-state index in [1.807, 2.05) is 30.5 Å².